The van der Waals surface area contributed by atoms with Gasteiger partial charge in [0.05, 0.1) is 17.6 Å². The molecule has 0 bridgehead atoms. The molecule has 0 fully saturated rings. The van der Waals surface area contributed by atoms with E-state index in [1.165, 1.54) is 11.1 Å². The standard InChI is InChI=1S/C22H24N2S/c1-15(2)19-11-8-12-20(16(3)4)21(19)23-13-18-14-25-22(24-18)17-9-6-5-7-10-17/h5-16H,1-4H3. The Bertz CT molecular complexity index is 834. The molecule has 3 rings (SSSR count). The van der Waals surface area contributed by atoms with Crippen LogP contribution in [0.5, 0.6) is 0 Å². The Kier molecular flexibility index (Phi) is 5.44. The Morgan fingerprint density at radius 1 is 0.880 bits per heavy atom. The van der Waals surface area contributed by atoms with Crippen molar-refractivity contribution in [1.82, 2.24) is 4.98 Å². The molecule has 0 spiro atoms. The average molecular weight is 349 g/mol. The van der Waals surface area contributed by atoms with E-state index in [1.54, 1.807) is 11.3 Å². The summed E-state index contributed by atoms with van der Waals surface area (Å²) in [4.78, 5) is 9.56. The normalized spacial score (nSPS) is 11.8. The van der Waals surface area contributed by atoms with Crippen LogP contribution in [0.3, 0.4) is 0 Å². The Morgan fingerprint density at radius 3 is 2.12 bits per heavy atom. The summed E-state index contributed by atoms with van der Waals surface area (Å²) >= 11 is 1.66. The lowest BCUT2D eigenvalue weighted by molar-refractivity contribution is 0.835. The van der Waals surface area contributed by atoms with Crippen LogP contribution in [0.15, 0.2) is 58.9 Å². The molecule has 0 aliphatic rings. The topological polar surface area (TPSA) is 25.2 Å². The zero-order valence-electron chi connectivity index (χ0n) is 15.2. The molecule has 2 nitrogen and oxygen atoms in total. The van der Waals surface area contributed by atoms with E-state index >= 15 is 0 Å². The number of nitrogens with zero attached hydrogens (tertiary/aromatic N) is 2. The third-order valence-electron chi connectivity index (χ3n) is 4.21. The van der Waals surface area contributed by atoms with Gasteiger partial charge in [-0.2, -0.15) is 0 Å². The van der Waals surface area contributed by atoms with Gasteiger partial charge in [0.2, 0.25) is 0 Å². The van der Waals surface area contributed by atoms with E-state index in [0.29, 0.717) is 11.8 Å². The van der Waals surface area contributed by atoms with Gasteiger partial charge in [-0.25, -0.2) is 4.98 Å². The van der Waals surface area contributed by atoms with Crippen LogP contribution in [0.4, 0.5) is 5.69 Å². The monoisotopic (exact) mass is 348 g/mol. The highest BCUT2D eigenvalue weighted by Gasteiger charge is 2.12. The van der Waals surface area contributed by atoms with Crippen molar-refractivity contribution in [2.24, 2.45) is 4.99 Å². The molecule has 0 atom stereocenters. The van der Waals surface area contributed by atoms with Crippen LogP contribution in [0.2, 0.25) is 0 Å². The Labute approximate surface area is 154 Å². The van der Waals surface area contributed by atoms with Gasteiger partial charge < -0.3 is 0 Å². The van der Waals surface area contributed by atoms with E-state index in [4.69, 9.17) is 9.98 Å². The lowest BCUT2D eigenvalue weighted by atomic mass is 9.93. The minimum atomic E-state index is 0.446. The van der Waals surface area contributed by atoms with E-state index < -0.39 is 0 Å². The molecule has 0 radical (unpaired) electrons. The van der Waals surface area contributed by atoms with Crippen molar-refractivity contribution in [3.8, 4) is 10.6 Å². The van der Waals surface area contributed by atoms with Crippen molar-refractivity contribution < 1.29 is 0 Å². The van der Waals surface area contributed by atoms with Crippen LogP contribution in [-0.2, 0) is 0 Å². The number of hydrogen-bond acceptors (Lipinski definition) is 3. The summed E-state index contributed by atoms with van der Waals surface area (Å²) in [5.41, 5.74) is 5.75. The van der Waals surface area contributed by atoms with Crippen LogP contribution in [0.1, 0.15) is 56.4 Å². The largest absolute Gasteiger partial charge is 0.254 e. The van der Waals surface area contributed by atoms with Gasteiger partial charge in [0.1, 0.15) is 5.01 Å². The minimum Gasteiger partial charge on any atom is -0.254 e. The predicted molar refractivity (Wildman–Crippen MR) is 109 cm³/mol. The first kappa shape index (κ1) is 17.6. The first-order chi connectivity index (χ1) is 12.1. The van der Waals surface area contributed by atoms with E-state index in [0.717, 1.165) is 22.0 Å². The maximum absolute atomic E-state index is 4.85. The summed E-state index contributed by atoms with van der Waals surface area (Å²) < 4.78 is 0. The zero-order valence-corrected chi connectivity index (χ0v) is 16.0. The Balaban J connectivity index is 1.94. The molecule has 0 aliphatic carbocycles. The van der Waals surface area contributed by atoms with E-state index in [1.807, 2.05) is 24.4 Å². The fourth-order valence-electron chi connectivity index (χ4n) is 2.85. The second kappa shape index (κ2) is 7.75. The van der Waals surface area contributed by atoms with Crippen LogP contribution < -0.4 is 0 Å². The summed E-state index contributed by atoms with van der Waals surface area (Å²) in [5, 5.41) is 3.10. The molecule has 1 aromatic heterocycles. The second-order valence-electron chi connectivity index (χ2n) is 6.80. The highest BCUT2D eigenvalue weighted by molar-refractivity contribution is 7.13. The Morgan fingerprint density at radius 2 is 1.52 bits per heavy atom. The molecule has 0 N–H and O–H groups in total. The van der Waals surface area contributed by atoms with Crippen molar-refractivity contribution in [2.45, 2.75) is 39.5 Å². The van der Waals surface area contributed by atoms with E-state index in [2.05, 4.69) is 63.4 Å². The van der Waals surface area contributed by atoms with Crippen LogP contribution in [-0.4, -0.2) is 11.2 Å². The molecule has 3 aromatic rings. The maximum atomic E-state index is 4.85. The highest BCUT2D eigenvalue weighted by Crippen LogP contribution is 2.34. The van der Waals surface area contributed by atoms with Gasteiger partial charge in [0.25, 0.3) is 0 Å². The number of thiazole rings is 1. The number of aromatic nitrogens is 1. The molecule has 0 aliphatic heterocycles. The SMILES string of the molecule is CC(C)c1cccc(C(C)C)c1N=Cc1csc(-c2ccccc2)n1. The molecule has 128 valence electrons. The third-order valence-corrected chi connectivity index (χ3v) is 5.12. The first-order valence-electron chi connectivity index (χ1n) is 8.74. The smallest absolute Gasteiger partial charge is 0.124 e. The molecule has 25 heavy (non-hydrogen) atoms. The maximum Gasteiger partial charge on any atom is 0.124 e. The van der Waals surface area contributed by atoms with Crippen molar-refractivity contribution in [2.75, 3.05) is 0 Å². The van der Waals surface area contributed by atoms with E-state index in [-0.39, 0.29) is 0 Å². The van der Waals surface area contributed by atoms with Crippen molar-refractivity contribution in [3.63, 3.8) is 0 Å². The lowest BCUT2D eigenvalue weighted by Crippen LogP contribution is -1.95. The predicted octanol–water partition coefficient (Wildman–Crippen LogP) is 6.81. The second-order valence-corrected chi connectivity index (χ2v) is 7.65. The van der Waals surface area contributed by atoms with Crippen LogP contribution in [0.25, 0.3) is 10.6 Å². The molecular formula is C22H24N2S. The third kappa shape index (κ3) is 4.05. The number of hydrogen-bond donors (Lipinski definition) is 0. The van der Waals surface area contributed by atoms with Gasteiger partial charge in [0, 0.05) is 10.9 Å². The number of para-hydroxylation sites is 1. The molecule has 3 heteroatoms. The van der Waals surface area contributed by atoms with Gasteiger partial charge in [-0.05, 0) is 23.0 Å². The zero-order chi connectivity index (χ0) is 17.8. The lowest BCUT2D eigenvalue weighted by Gasteiger charge is -2.16. The van der Waals surface area contributed by atoms with Gasteiger partial charge in [0.15, 0.2) is 0 Å². The number of aliphatic imine (C=N–C) groups is 1. The van der Waals surface area contributed by atoms with Crippen LogP contribution >= 0.6 is 11.3 Å². The van der Waals surface area contributed by atoms with Crippen molar-refractivity contribution >= 4 is 23.2 Å². The number of benzene rings is 2. The summed E-state index contributed by atoms with van der Waals surface area (Å²) in [6.45, 7) is 8.87. The summed E-state index contributed by atoms with van der Waals surface area (Å²) in [6.07, 6.45) is 1.90. The molecule has 0 amide bonds. The summed E-state index contributed by atoms with van der Waals surface area (Å²) in [7, 11) is 0. The summed E-state index contributed by atoms with van der Waals surface area (Å²) in [6, 6.07) is 16.8. The van der Waals surface area contributed by atoms with E-state index in [9.17, 15) is 0 Å². The van der Waals surface area contributed by atoms with Gasteiger partial charge >= 0.3 is 0 Å². The number of rotatable bonds is 5. The Hall–Kier alpha value is -2.26. The average Bonchev–Trinajstić information content (AvgIpc) is 3.09. The highest BCUT2D eigenvalue weighted by atomic mass is 32.1. The van der Waals surface area contributed by atoms with Gasteiger partial charge in [-0.15, -0.1) is 11.3 Å². The molecule has 0 unspecified atom stereocenters. The molecule has 0 saturated carbocycles. The minimum absolute atomic E-state index is 0.446. The quantitative estimate of drug-likeness (QED) is 0.465. The van der Waals surface area contributed by atoms with Gasteiger partial charge in [-0.3, -0.25) is 4.99 Å². The first-order valence-corrected chi connectivity index (χ1v) is 9.62. The molecular weight excluding hydrogens is 324 g/mol. The van der Waals surface area contributed by atoms with Gasteiger partial charge in [-0.1, -0.05) is 76.2 Å². The summed E-state index contributed by atoms with van der Waals surface area (Å²) in [5.74, 6) is 0.891. The van der Waals surface area contributed by atoms with Crippen LogP contribution in [0, 0.1) is 0 Å². The fourth-order valence-corrected chi connectivity index (χ4v) is 3.63. The van der Waals surface area contributed by atoms with Crippen molar-refractivity contribution in [1.29, 1.82) is 0 Å². The fraction of sp³-hybridized carbons (Fsp3) is 0.273. The molecule has 1 heterocycles. The molecule has 2 aromatic carbocycles. The molecule has 0 saturated heterocycles. The van der Waals surface area contributed by atoms with Crippen molar-refractivity contribution in [3.05, 3.63) is 70.7 Å².